The highest BCUT2D eigenvalue weighted by atomic mass is 16.3. The SMILES string of the molecule is C#CC#CC[C@H](O)[C@@H](O)CCCCCCC. The van der Waals surface area contributed by atoms with Crippen LogP contribution in [-0.2, 0) is 0 Å². The molecule has 2 N–H and O–H groups in total. The molecule has 0 saturated heterocycles. The smallest absolute Gasteiger partial charge is 0.0908 e. The fraction of sp³-hybridized carbons (Fsp3) is 0.714. The maximum absolute atomic E-state index is 9.60. The molecule has 16 heavy (non-hydrogen) atoms. The molecule has 2 atom stereocenters. The maximum Gasteiger partial charge on any atom is 0.0908 e. The minimum atomic E-state index is -0.771. The molecule has 0 spiro atoms. The Morgan fingerprint density at radius 1 is 1.06 bits per heavy atom. The van der Waals surface area contributed by atoms with Crippen LogP contribution in [0.3, 0.4) is 0 Å². The Balaban J connectivity index is 3.55. The van der Waals surface area contributed by atoms with Crippen LogP contribution in [-0.4, -0.2) is 22.4 Å². The van der Waals surface area contributed by atoms with E-state index in [1.54, 1.807) is 0 Å². The van der Waals surface area contributed by atoms with Crippen molar-refractivity contribution in [3.63, 3.8) is 0 Å². The van der Waals surface area contributed by atoms with Crippen molar-refractivity contribution in [2.45, 2.75) is 64.1 Å². The Morgan fingerprint density at radius 2 is 1.75 bits per heavy atom. The van der Waals surface area contributed by atoms with E-state index in [1.807, 2.05) is 0 Å². The lowest BCUT2D eigenvalue weighted by Crippen LogP contribution is -2.25. The number of hydrogen-bond acceptors (Lipinski definition) is 2. The van der Waals surface area contributed by atoms with Crippen molar-refractivity contribution in [2.75, 3.05) is 0 Å². The topological polar surface area (TPSA) is 40.5 Å². The summed E-state index contributed by atoms with van der Waals surface area (Å²) in [5.74, 6) is 7.23. The van der Waals surface area contributed by atoms with E-state index in [9.17, 15) is 10.2 Å². The van der Waals surface area contributed by atoms with E-state index in [0.29, 0.717) is 6.42 Å². The van der Waals surface area contributed by atoms with Crippen molar-refractivity contribution < 1.29 is 10.2 Å². The van der Waals surface area contributed by atoms with Gasteiger partial charge in [-0.25, -0.2) is 0 Å². The van der Waals surface area contributed by atoms with Gasteiger partial charge in [-0.1, -0.05) is 44.9 Å². The largest absolute Gasteiger partial charge is 0.390 e. The molecule has 0 aliphatic heterocycles. The van der Waals surface area contributed by atoms with Gasteiger partial charge >= 0.3 is 0 Å². The van der Waals surface area contributed by atoms with Crippen molar-refractivity contribution in [1.82, 2.24) is 0 Å². The molecule has 2 nitrogen and oxygen atoms in total. The highest BCUT2D eigenvalue weighted by molar-refractivity contribution is 5.21. The van der Waals surface area contributed by atoms with Gasteiger partial charge in [-0.15, -0.1) is 6.42 Å². The second-order valence-electron chi connectivity index (χ2n) is 3.99. The Labute approximate surface area is 99.1 Å². The third-order valence-electron chi connectivity index (χ3n) is 2.52. The average molecular weight is 222 g/mol. The maximum atomic E-state index is 9.60. The second kappa shape index (κ2) is 10.6. The van der Waals surface area contributed by atoms with E-state index >= 15 is 0 Å². The van der Waals surface area contributed by atoms with Crippen LogP contribution >= 0.6 is 0 Å². The molecular weight excluding hydrogens is 200 g/mol. The molecule has 2 heteroatoms. The first-order valence-electron chi connectivity index (χ1n) is 6.02. The number of terminal acetylenes is 1. The first kappa shape index (κ1) is 15.0. The summed E-state index contributed by atoms with van der Waals surface area (Å²) < 4.78 is 0. The van der Waals surface area contributed by atoms with Crippen LogP contribution in [0.2, 0.25) is 0 Å². The molecule has 0 saturated carbocycles. The third-order valence-corrected chi connectivity index (χ3v) is 2.52. The van der Waals surface area contributed by atoms with Crippen LogP contribution in [0.15, 0.2) is 0 Å². The quantitative estimate of drug-likeness (QED) is 0.488. The standard InChI is InChI=1S/C14H22O2/c1-3-5-7-8-10-12-14(16)13(15)11-9-6-4-2/h2,13-16H,3,5,7-8,10-12H2,1H3/t13-,14-/m0/s1. The molecule has 90 valence electrons. The molecular formula is C14H22O2. The molecule has 0 unspecified atom stereocenters. The molecule has 0 aromatic rings. The highest BCUT2D eigenvalue weighted by Crippen LogP contribution is 2.10. The second-order valence-corrected chi connectivity index (χ2v) is 3.99. The van der Waals surface area contributed by atoms with Crippen LogP contribution in [0.25, 0.3) is 0 Å². The van der Waals surface area contributed by atoms with Crippen molar-refractivity contribution in [3.8, 4) is 24.2 Å². The summed E-state index contributed by atoms with van der Waals surface area (Å²) in [4.78, 5) is 0. The monoisotopic (exact) mass is 222 g/mol. The lowest BCUT2D eigenvalue weighted by molar-refractivity contribution is 0.0165. The van der Waals surface area contributed by atoms with Gasteiger partial charge in [0.15, 0.2) is 0 Å². The molecule has 0 radical (unpaired) electrons. The Hall–Kier alpha value is -0.960. The van der Waals surface area contributed by atoms with Crippen LogP contribution in [0, 0.1) is 24.2 Å². The highest BCUT2D eigenvalue weighted by Gasteiger charge is 2.14. The minimum absolute atomic E-state index is 0.250. The van der Waals surface area contributed by atoms with Gasteiger partial charge in [0, 0.05) is 6.42 Å². The normalized spacial score (nSPS) is 13.4. The number of rotatable bonds is 8. The summed E-state index contributed by atoms with van der Waals surface area (Å²) in [7, 11) is 0. The van der Waals surface area contributed by atoms with E-state index < -0.39 is 12.2 Å². The Kier molecular flexibility index (Phi) is 9.92. The van der Waals surface area contributed by atoms with Gasteiger partial charge in [-0.2, -0.15) is 0 Å². The van der Waals surface area contributed by atoms with Crippen molar-refractivity contribution in [1.29, 1.82) is 0 Å². The predicted octanol–water partition coefficient (Wildman–Crippen LogP) is 2.10. The molecule has 0 fully saturated rings. The predicted molar refractivity (Wildman–Crippen MR) is 66.6 cm³/mol. The Morgan fingerprint density at radius 3 is 2.38 bits per heavy atom. The average Bonchev–Trinajstić information content (AvgIpc) is 2.28. The van der Waals surface area contributed by atoms with E-state index in [-0.39, 0.29) is 6.42 Å². The molecule has 0 aromatic heterocycles. The summed E-state index contributed by atoms with van der Waals surface area (Å²) in [5.41, 5.74) is 0. The summed E-state index contributed by atoms with van der Waals surface area (Å²) in [6, 6.07) is 0. The van der Waals surface area contributed by atoms with E-state index in [4.69, 9.17) is 6.42 Å². The molecule has 0 amide bonds. The number of unbranched alkanes of at least 4 members (excludes halogenated alkanes) is 4. The van der Waals surface area contributed by atoms with Crippen LogP contribution in [0.5, 0.6) is 0 Å². The summed E-state index contributed by atoms with van der Waals surface area (Å²) in [5, 5.41) is 19.1. The number of aliphatic hydroxyl groups excluding tert-OH is 2. The lowest BCUT2D eigenvalue weighted by atomic mass is 10.0. The van der Waals surface area contributed by atoms with Gasteiger partial charge in [0.1, 0.15) is 0 Å². The van der Waals surface area contributed by atoms with Crippen LogP contribution in [0.1, 0.15) is 51.9 Å². The molecule has 0 bridgehead atoms. The third kappa shape index (κ3) is 8.36. The molecule has 0 aliphatic rings. The minimum Gasteiger partial charge on any atom is -0.390 e. The Bertz CT molecular complexity index is 254. The fourth-order valence-corrected chi connectivity index (χ4v) is 1.49. The van der Waals surface area contributed by atoms with Gasteiger partial charge in [0.2, 0.25) is 0 Å². The summed E-state index contributed by atoms with van der Waals surface area (Å²) in [6.45, 7) is 2.17. The summed E-state index contributed by atoms with van der Waals surface area (Å²) in [6.07, 6.45) is 10.1. The summed E-state index contributed by atoms with van der Waals surface area (Å²) >= 11 is 0. The first-order chi connectivity index (χ1) is 7.72. The zero-order chi connectivity index (χ0) is 12.2. The number of aliphatic hydroxyl groups is 2. The van der Waals surface area contributed by atoms with Crippen molar-refractivity contribution in [3.05, 3.63) is 0 Å². The van der Waals surface area contributed by atoms with Gasteiger partial charge in [-0.05, 0) is 18.3 Å². The number of hydrogen-bond donors (Lipinski definition) is 2. The molecule has 0 heterocycles. The zero-order valence-corrected chi connectivity index (χ0v) is 10.1. The van der Waals surface area contributed by atoms with Crippen molar-refractivity contribution >= 4 is 0 Å². The van der Waals surface area contributed by atoms with Crippen LogP contribution in [0.4, 0.5) is 0 Å². The first-order valence-corrected chi connectivity index (χ1v) is 6.02. The van der Waals surface area contributed by atoms with Gasteiger partial charge < -0.3 is 10.2 Å². The lowest BCUT2D eigenvalue weighted by Gasteiger charge is -2.15. The molecule has 0 rings (SSSR count). The van der Waals surface area contributed by atoms with Gasteiger partial charge in [0.05, 0.1) is 12.2 Å². The fourth-order valence-electron chi connectivity index (χ4n) is 1.49. The van der Waals surface area contributed by atoms with E-state index in [2.05, 4.69) is 24.7 Å². The van der Waals surface area contributed by atoms with E-state index in [0.717, 1.165) is 12.8 Å². The molecule has 0 aliphatic carbocycles. The van der Waals surface area contributed by atoms with Gasteiger partial charge in [0.25, 0.3) is 0 Å². The zero-order valence-electron chi connectivity index (χ0n) is 10.1. The van der Waals surface area contributed by atoms with Crippen LogP contribution < -0.4 is 0 Å². The van der Waals surface area contributed by atoms with E-state index in [1.165, 1.54) is 19.3 Å². The van der Waals surface area contributed by atoms with Gasteiger partial charge in [-0.3, -0.25) is 0 Å². The molecule has 0 aromatic carbocycles. The van der Waals surface area contributed by atoms with Crippen molar-refractivity contribution in [2.24, 2.45) is 0 Å².